The van der Waals surface area contributed by atoms with Crippen molar-refractivity contribution in [3.8, 4) is 5.75 Å². The summed E-state index contributed by atoms with van der Waals surface area (Å²) in [5.74, 6) is 0.813. The van der Waals surface area contributed by atoms with Crippen molar-refractivity contribution in [2.45, 2.75) is 20.3 Å². The Labute approximate surface area is 145 Å². The molecule has 2 rings (SSSR count). The van der Waals surface area contributed by atoms with Gasteiger partial charge in [0, 0.05) is 10.2 Å². The lowest BCUT2D eigenvalue weighted by Crippen LogP contribution is -2.32. The van der Waals surface area contributed by atoms with Gasteiger partial charge in [0.2, 0.25) is 0 Å². The second kappa shape index (κ2) is 8.58. The fourth-order valence-corrected chi connectivity index (χ4v) is 2.30. The van der Waals surface area contributed by atoms with Crippen molar-refractivity contribution in [3.05, 3.63) is 58.1 Å². The van der Waals surface area contributed by atoms with Crippen LogP contribution >= 0.6 is 15.9 Å². The average Bonchev–Trinajstić information content (AvgIpc) is 2.55. The summed E-state index contributed by atoms with van der Waals surface area (Å²) < 4.78 is 6.61. The Morgan fingerprint density at radius 3 is 2.57 bits per heavy atom. The minimum Gasteiger partial charge on any atom is -0.492 e. The lowest BCUT2D eigenvalue weighted by atomic mass is 10.2. The molecule has 23 heavy (non-hydrogen) atoms. The number of halogens is 1. The van der Waals surface area contributed by atoms with Gasteiger partial charge in [-0.3, -0.25) is 0 Å². The highest BCUT2D eigenvalue weighted by atomic mass is 79.9. The summed E-state index contributed by atoms with van der Waals surface area (Å²) in [6, 6.07) is 13.4. The fourth-order valence-electron chi connectivity index (χ4n) is 2.05. The van der Waals surface area contributed by atoms with E-state index >= 15 is 0 Å². The summed E-state index contributed by atoms with van der Waals surface area (Å²) in [6.07, 6.45) is 1.01. The van der Waals surface area contributed by atoms with Crippen LogP contribution in [0.3, 0.4) is 0 Å². The highest BCUT2D eigenvalue weighted by Gasteiger charge is 2.03. The molecular formula is C18H21BrN2O2. The van der Waals surface area contributed by atoms with Gasteiger partial charge in [0.05, 0.1) is 6.54 Å². The number of rotatable bonds is 6. The number of aryl methyl sites for hydroxylation is 2. The Bertz CT molecular complexity index is 657. The molecule has 0 radical (unpaired) electrons. The molecule has 0 atom stereocenters. The van der Waals surface area contributed by atoms with Crippen LogP contribution in [0.25, 0.3) is 0 Å². The quantitative estimate of drug-likeness (QED) is 0.728. The molecule has 2 N–H and O–H groups in total. The summed E-state index contributed by atoms with van der Waals surface area (Å²) in [7, 11) is 0. The van der Waals surface area contributed by atoms with Crippen molar-refractivity contribution in [3.63, 3.8) is 0 Å². The average molecular weight is 377 g/mol. The van der Waals surface area contributed by atoms with Crippen molar-refractivity contribution in [2.24, 2.45) is 0 Å². The van der Waals surface area contributed by atoms with Gasteiger partial charge < -0.3 is 15.4 Å². The van der Waals surface area contributed by atoms with Crippen molar-refractivity contribution < 1.29 is 9.53 Å². The first-order chi connectivity index (χ1) is 11.1. The number of hydrogen-bond acceptors (Lipinski definition) is 2. The van der Waals surface area contributed by atoms with E-state index in [1.165, 1.54) is 5.56 Å². The number of hydrogen-bond donors (Lipinski definition) is 2. The highest BCUT2D eigenvalue weighted by molar-refractivity contribution is 9.10. The highest BCUT2D eigenvalue weighted by Crippen LogP contribution is 2.19. The standard InChI is InChI=1S/C18H21BrN2O2/c1-3-14-4-7-16(8-5-14)23-11-10-20-18(22)21-15-6-9-17(19)13(2)12-15/h4-9,12H,3,10-11H2,1-2H3,(H2,20,21,22). The number of benzene rings is 2. The summed E-state index contributed by atoms with van der Waals surface area (Å²) >= 11 is 3.43. The number of carbonyl (C=O) groups excluding carboxylic acids is 1. The molecule has 0 unspecified atom stereocenters. The van der Waals surface area contributed by atoms with E-state index in [1.54, 1.807) is 0 Å². The second-order valence-corrected chi connectivity index (χ2v) is 6.05. The predicted molar refractivity (Wildman–Crippen MR) is 97.2 cm³/mol. The van der Waals surface area contributed by atoms with Crippen molar-refractivity contribution in [2.75, 3.05) is 18.5 Å². The molecule has 4 nitrogen and oxygen atoms in total. The molecule has 0 saturated heterocycles. The van der Waals surface area contributed by atoms with Crippen LogP contribution in [-0.4, -0.2) is 19.2 Å². The first-order valence-corrected chi connectivity index (χ1v) is 8.40. The lowest BCUT2D eigenvalue weighted by Gasteiger charge is -2.10. The Kier molecular flexibility index (Phi) is 6.47. The number of carbonyl (C=O) groups is 1. The number of nitrogens with one attached hydrogen (secondary N) is 2. The van der Waals surface area contributed by atoms with Gasteiger partial charge in [-0.25, -0.2) is 4.79 Å². The molecule has 5 heteroatoms. The van der Waals surface area contributed by atoms with Crippen LogP contribution < -0.4 is 15.4 Å². The lowest BCUT2D eigenvalue weighted by molar-refractivity contribution is 0.247. The molecule has 0 spiro atoms. The molecule has 0 saturated carbocycles. The van der Waals surface area contributed by atoms with Crippen molar-refractivity contribution in [1.82, 2.24) is 5.32 Å². The maximum atomic E-state index is 11.8. The third kappa shape index (κ3) is 5.60. The third-order valence-electron chi connectivity index (χ3n) is 3.40. The Hall–Kier alpha value is -2.01. The summed E-state index contributed by atoms with van der Waals surface area (Å²) in [4.78, 5) is 11.8. The molecule has 0 bridgehead atoms. The van der Waals surface area contributed by atoms with Crippen LogP contribution in [0.4, 0.5) is 10.5 Å². The van der Waals surface area contributed by atoms with E-state index in [1.807, 2.05) is 49.4 Å². The van der Waals surface area contributed by atoms with Gasteiger partial charge in [0.15, 0.2) is 0 Å². The van der Waals surface area contributed by atoms with Gasteiger partial charge in [-0.05, 0) is 54.8 Å². The zero-order chi connectivity index (χ0) is 16.7. The smallest absolute Gasteiger partial charge is 0.319 e. The fraction of sp³-hybridized carbons (Fsp3) is 0.278. The SMILES string of the molecule is CCc1ccc(OCCNC(=O)Nc2ccc(Br)c(C)c2)cc1. The van der Waals surface area contributed by atoms with Crippen LogP contribution in [0.5, 0.6) is 5.75 Å². The maximum Gasteiger partial charge on any atom is 0.319 e. The van der Waals surface area contributed by atoms with Gasteiger partial charge in [-0.15, -0.1) is 0 Å². The molecule has 0 aliphatic heterocycles. The summed E-state index contributed by atoms with van der Waals surface area (Å²) in [5.41, 5.74) is 3.11. The topological polar surface area (TPSA) is 50.4 Å². The van der Waals surface area contributed by atoms with Crippen LogP contribution in [0.15, 0.2) is 46.9 Å². The maximum absolute atomic E-state index is 11.8. The molecule has 0 aromatic heterocycles. The van der Waals surface area contributed by atoms with E-state index in [0.717, 1.165) is 27.9 Å². The monoisotopic (exact) mass is 376 g/mol. The van der Waals surface area contributed by atoms with E-state index < -0.39 is 0 Å². The first kappa shape index (κ1) is 17.3. The molecule has 2 aromatic rings. The number of ether oxygens (including phenoxy) is 1. The van der Waals surface area contributed by atoms with Crippen LogP contribution in [0.2, 0.25) is 0 Å². The van der Waals surface area contributed by atoms with Gasteiger partial charge in [-0.1, -0.05) is 35.0 Å². The Morgan fingerprint density at radius 1 is 1.17 bits per heavy atom. The largest absolute Gasteiger partial charge is 0.492 e. The zero-order valence-electron chi connectivity index (χ0n) is 13.4. The zero-order valence-corrected chi connectivity index (χ0v) is 14.9. The van der Waals surface area contributed by atoms with Crippen LogP contribution in [-0.2, 0) is 6.42 Å². The molecular weight excluding hydrogens is 356 g/mol. The summed E-state index contributed by atoms with van der Waals surface area (Å²) in [6.45, 7) is 4.96. The van der Waals surface area contributed by atoms with E-state index in [2.05, 4.69) is 33.5 Å². The number of urea groups is 1. The van der Waals surface area contributed by atoms with Crippen LogP contribution in [0, 0.1) is 6.92 Å². The third-order valence-corrected chi connectivity index (χ3v) is 4.29. The molecule has 2 amide bonds. The summed E-state index contributed by atoms with van der Waals surface area (Å²) in [5, 5.41) is 5.57. The van der Waals surface area contributed by atoms with E-state index in [0.29, 0.717) is 13.2 Å². The molecule has 0 aliphatic rings. The van der Waals surface area contributed by atoms with Gasteiger partial charge in [0.1, 0.15) is 12.4 Å². The van der Waals surface area contributed by atoms with E-state index in [9.17, 15) is 4.79 Å². The number of anilines is 1. The molecule has 0 heterocycles. The molecule has 0 aliphatic carbocycles. The van der Waals surface area contributed by atoms with Gasteiger partial charge in [-0.2, -0.15) is 0 Å². The van der Waals surface area contributed by atoms with Gasteiger partial charge in [0.25, 0.3) is 0 Å². The van der Waals surface area contributed by atoms with Gasteiger partial charge >= 0.3 is 6.03 Å². The van der Waals surface area contributed by atoms with E-state index in [4.69, 9.17) is 4.74 Å². The molecule has 122 valence electrons. The van der Waals surface area contributed by atoms with Crippen molar-refractivity contribution in [1.29, 1.82) is 0 Å². The molecule has 0 fully saturated rings. The Balaban J connectivity index is 1.70. The predicted octanol–water partition coefficient (Wildman–Crippen LogP) is 4.52. The minimum absolute atomic E-state index is 0.239. The van der Waals surface area contributed by atoms with E-state index in [-0.39, 0.29) is 6.03 Å². The van der Waals surface area contributed by atoms with Crippen LogP contribution in [0.1, 0.15) is 18.1 Å². The number of amides is 2. The normalized spacial score (nSPS) is 10.2. The first-order valence-electron chi connectivity index (χ1n) is 7.61. The molecule has 2 aromatic carbocycles. The second-order valence-electron chi connectivity index (χ2n) is 5.19. The van der Waals surface area contributed by atoms with Crippen molar-refractivity contribution >= 4 is 27.6 Å². The minimum atomic E-state index is -0.239. The Morgan fingerprint density at radius 2 is 1.91 bits per heavy atom.